The fourth-order valence-electron chi connectivity index (χ4n) is 0.939. The summed E-state index contributed by atoms with van der Waals surface area (Å²) < 4.78 is 0. The smallest absolute Gasteiger partial charge is 0.0912 e. The molecule has 1 heterocycles. The molecule has 1 aromatic heterocycles. The Hall–Kier alpha value is -1.44. The van der Waals surface area contributed by atoms with Crippen LogP contribution in [0.3, 0.4) is 0 Å². The quantitative estimate of drug-likeness (QED) is 0.664. The second-order valence-electron chi connectivity index (χ2n) is 2.47. The van der Waals surface area contributed by atoms with Gasteiger partial charge >= 0.3 is 0 Å². The highest BCUT2D eigenvalue weighted by atomic mass is 14.8. The summed E-state index contributed by atoms with van der Waals surface area (Å²) in [5, 5.41) is 0. The number of aromatic nitrogens is 2. The largest absolute Gasteiger partial charge is 0.253 e. The van der Waals surface area contributed by atoms with E-state index in [1.54, 1.807) is 18.5 Å². The molecule has 62 valence electrons. The van der Waals surface area contributed by atoms with Crippen molar-refractivity contribution in [1.29, 1.82) is 0 Å². The van der Waals surface area contributed by atoms with Crippen LogP contribution in [0, 0.1) is 0 Å². The Morgan fingerprint density at radius 1 is 1.42 bits per heavy atom. The van der Waals surface area contributed by atoms with Gasteiger partial charge in [-0.3, -0.25) is 9.97 Å². The molecule has 0 aliphatic heterocycles. The van der Waals surface area contributed by atoms with E-state index in [-0.39, 0.29) is 0 Å². The minimum absolute atomic E-state index is 0.841. The Kier molecular flexibility index (Phi) is 2.75. The van der Waals surface area contributed by atoms with E-state index in [2.05, 4.69) is 16.5 Å². The zero-order valence-electron chi connectivity index (χ0n) is 7.41. The normalized spacial score (nSPS) is 11.3. The standard InChI is InChI=1S/C10H12N2/c1-4-8(3)10-9(5-2)11-6-7-12-10/h4-7H,2H2,1,3H3/b8-4-. The van der Waals surface area contributed by atoms with E-state index in [4.69, 9.17) is 0 Å². The molecule has 0 saturated heterocycles. The predicted octanol–water partition coefficient (Wildman–Crippen LogP) is 2.54. The van der Waals surface area contributed by atoms with Crippen LogP contribution in [-0.2, 0) is 0 Å². The lowest BCUT2D eigenvalue weighted by atomic mass is 10.1. The maximum absolute atomic E-state index is 4.22. The van der Waals surface area contributed by atoms with Crippen LogP contribution in [0.15, 0.2) is 25.0 Å². The number of nitrogens with zero attached hydrogens (tertiary/aromatic N) is 2. The summed E-state index contributed by atoms with van der Waals surface area (Å²) in [6.07, 6.45) is 7.09. The fourth-order valence-corrected chi connectivity index (χ4v) is 0.939. The SMILES string of the molecule is C=Cc1nccnc1/C(C)=C\C. The third-order valence-electron chi connectivity index (χ3n) is 1.73. The van der Waals surface area contributed by atoms with Gasteiger partial charge in [-0.1, -0.05) is 12.7 Å². The summed E-state index contributed by atoms with van der Waals surface area (Å²) in [7, 11) is 0. The van der Waals surface area contributed by atoms with E-state index >= 15 is 0 Å². The highest BCUT2D eigenvalue weighted by Gasteiger charge is 2.01. The average molecular weight is 160 g/mol. The van der Waals surface area contributed by atoms with Crippen LogP contribution in [-0.4, -0.2) is 9.97 Å². The zero-order chi connectivity index (χ0) is 8.97. The van der Waals surface area contributed by atoms with E-state index in [1.807, 2.05) is 19.9 Å². The molecule has 0 N–H and O–H groups in total. The molecule has 0 bridgehead atoms. The van der Waals surface area contributed by atoms with Gasteiger partial charge in [0.15, 0.2) is 0 Å². The molecule has 1 aromatic rings. The van der Waals surface area contributed by atoms with Crippen molar-refractivity contribution in [1.82, 2.24) is 9.97 Å². The Labute approximate surface area is 72.7 Å². The molecular formula is C10H12N2. The molecule has 0 amide bonds. The molecule has 0 fully saturated rings. The summed E-state index contributed by atoms with van der Waals surface area (Å²) in [5.74, 6) is 0. The van der Waals surface area contributed by atoms with Gasteiger partial charge in [0.2, 0.25) is 0 Å². The van der Waals surface area contributed by atoms with E-state index in [0.717, 1.165) is 17.0 Å². The van der Waals surface area contributed by atoms with Crippen LogP contribution < -0.4 is 0 Å². The summed E-state index contributed by atoms with van der Waals surface area (Å²) >= 11 is 0. The van der Waals surface area contributed by atoms with Crippen LogP contribution in [0.1, 0.15) is 25.2 Å². The van der Waals surface area contributed by atoms with Gasteiger partial charge < -0.3 is 0 Å². The van der Waals surface area contributed by atoms with Crippen molar-refractivity contribution in [2.75, 3.05) is 0 Å². The van der Waals surface area contributed by atoms with Gasteiger partial charge in [0, 0.05) is 12.4 Å². The first-order valence-corrected chi connectivity index (χ1v) is 3.86. The Bertz CT molecular complexity index is 313. The molecule has 12 heavy (non-hydrogen) atoms. The summed E-state index contributed by atoms with van der Waals surface area (Å²) in [6, 6.07) is 0. The Morgan fingerprint density at radius 2 is 2.08 bits per heavy atom. The molecule has 0 saturated carbocycles. The van der Waals surface area contributed by atoms with E-state index in [0.29, 0.717) is 0 Å². The van der Waals surface area contributed by atoms with Crippen LogP contribution in [0.25, 0.3) is 11.6 Å². The molecule has 0 atom stereocenters. The van der Waals surface area contributed by atoms with Gasteiger partial charge in [-0.2, -0.15) is 0 Å². The monoisotopic (exact) mass is 160 g/mol. The number of hydrogen-bond acceptors (Lipinski definition) is 2. The predicted molar refractivity (Wildman–Crippen MR) is 51.4 cm³/mol. The van der Waals surface area contributed by atoms with Crippen molar-refractivity contribution in [3.8, 4) is 0 Å². The van der Waals surface area contributed by atoms with Crippen LogP contribution >= 0.6 is 0 Å². The van der Waals surface area contributed by atoms with Crippen LogP contribution in [0.2, 0.25) is 0 Å². The molecule has 2 heteroatoms. The van der Waals surface area contributed by atoms with Gasteiger partial charge in [-0.05, 0) is 25.5 Å². The Morgan fingerprint density at radius 3 is 2.67 bits per heavy atom. The van der Waals surface area contributed by atoms with Gasteiger partial charge in [0.05, 0.1) is 11.4 Å². The van der Waals surface area contributed by atoms with Gasteiger partial charge in [0.1, 0.15) is 0 Å². The number of rotatable bonds is 2. The minimum atomic E-state index is 0.841. The number of allylic oxidation sites excluding steroid dienone is 2. The van der Waals surface area contributed by atoms with Crippen molar-refractivity contribution in [3.63, 3.8) is 0 Å². The first-order chi connectivity index (χ1) is 5.79. The second-order valence-corrected chi connectivity index (χ2v) is 2.47. The van der Waals surface area contributed by atoms with Crippen molar-refractivity contribution in [3.05, 3.63) is 36.4 Å². The first-order valence-electron chi connectivity index (χ1n) is 3.86. The van der Waals surface area contributed by atoms with Crippen molar-refractivity contribution < 1.29 is 0 Å². The molecule has 1 rings (SSSR count). The third-order valence-corrected chi connectivity index (χ3v) is 1.73. The molecule has 2 nitrogen and oxygen atoms in total. The van der Waals surface area contributed by atoms with Gasteiger partial charge in [0.25, 0.3) is 0 Å². The lowest BCUT2D eigenvalue weighted by Crippen LogP contribution is -1.92. The first kappa shape index (κ1) is 8.65. The van der Waals surface area contributed by atoms with E-state index in [9.17, 15) is 0 Å². The van der Waals surface area contributed by atoms with Crippen LogP contribution in [0.4, 0.5) is 0 Å². The van der Waals surface area contributed by atoms with Crippen LogP contribution in [0.5, 0.6) is 0 Å². The summed E-state index contributed by atoms with van der Waals surface area (Å²) in [4.78, 5) is 8.36. The maximum atomic E-state index is 4.22. The molecule has 0 aliphatic carbocycles. The van der Waals surface area contributed by atoms with E-state index in [1.165, 1.54) is 0 Å². The van der Waals surface area contributed by atoms with Gasteiger partial charge in [-0.15, -0.1) is 0 Å². The topological polar surface area (TPSA) is 25.8 Å². The molecule has 0 spiro atoms. The fraction of sp³-hybridized carbons (Fsp3) is 0.200. The summed E-state index contributed by atoms with van der Waals surface area (Å²) in [6.45, 7) is 7.67. The zero-order valence-corrected chi connectivity index (χ0v) is 7.41. The lowest BCUT2D eigenvalue weighted by molar-refractivity contribution is 1.14. The maximum Gasteiger partial charge on any atom is 0.0912 e. The van der Waals surface area contributed by atoms with Crippen molar-refractivity contribution in [2.24, 2.45) is 0 Å². The third kappa shape index (κ3) is 1.59. The van der Waals surface area contributed by atoms with E-state index < -0.39 is 0 Å². The van der Waals surface area contributed by atoms with Crippen molar-refractivity contribution in [2.45, 2.75) is 13.8 Å². The molecular weight excluding hydrogens is 148 g/mol. The molecule has 0 radical (unpaired) electrons. The lowest BCUT2D eigenvalue weighted by Gasteiger charge is -2.01. The molecule has 0 unspecified atom stereocenters. The minimum Gasteiger partial charge on any atom is -0.253 e. The second kappa shape index (κ2) is 3.81. The molecule has 0 aromatic carbocycles. The highest BCUT2D eigenvalue weighted by molar-refractivity contribution is 5.67. The molecule has 0 aliphatic rings. The number of hydrogen-bond donors (Lipinski definition) is 0. The van der Waals surface area contributed by atoms with Crippen molar-refractivity contribution >= 4 is 11.6 Å². The highest BCUT2D eigenvalue weighted by Crippen LogP contribution is 2.13. The van der Waals surface area contributed by atoms with Gasteiger partial charge in [-0.25, -0.2) is 0 Å². The summed E-state index contributed by atoms with van der Waals surface area (Å²) in [5.41, 5.74) is 2.88. The average Bonchev–Trinajstić information content (AvgIpc) is 2.16. The Balaban J connectivity index is 3.22.